The van der Waals surface area contributed by atoms with Crippen molar-refractivity contribution in [1.82, 2.24) is 9.97 Å². The largest absolute Gasteiger partial charge is 0.228 e. The molecule has 1 heterocycles. The van der Waals surface area contributed by atoms with Crippen LogP contribution in [-0.4, -0.2) is 9.97 Å². The lowest BCUT2D eigenvalue weighted by atomic mass is 9.81. The Morgan fingerprint density at radius 3 is 1.65 bits per heavy atom. The Balaban J connectivity index is 1.02. The summed E-state index contributed by atoms with van der Waals surface area (Å²) in [5, 5.41) is 7.42. The maximum absolute atomic E-state index is 5.25. The van der Waals surface area contributed by atoms with Gasteiger partial charge in [0.15, 0.2) is 5.82 Å². The Hall–Kier alpha value is -7.16. The summed E-state index contributed by atoms with van der Waals surface area (Å²) in [4.78, 5) is 10.4. The molecular formula is C55H38N2. The summed E-state index contributed by atoms with van der Waals surface area (Å²) >= 11 is 0. The van der Waals surface area contributed by atoms with Gasteiger partial charge in [0.05, 0.1) is 11.4 Å². The van der Waals surface area contributed by atoms with Gasteiger partial charge in [0.25, 0.3) is 0 Å². The van der Waals surface area contributed by atoms with Crippen molar-refractivity contribution in [2.75, 3.05) is 0 Å². The highest BCUT2D eigenvalue weighted by Gasteiger charge is 2.36. The van der Waals surface area contributed by atoms with Crippen LogP contribution in [0.4, 0.5) is 0 Å². The second-order valence-corrected chi connectivity index (χ2v) is 15.8. The number of rotatable bonds is 5. The Labute approximate surface area is 332 Å². The van der Waals surface area contributed by atoms with E-state index in [4.69, 9.17) is 9.97 Å². The molecule has 0 saturated carbocycles. The van der Waals surface area contributed by atoms with Gasteiger partial charge in [-0.3, -0.25) is 0 Å². The van der Waals surface area contributed by atoms with Gasteiger partial charge in [-0.25, -0.2) is 9.97 Å². The molecule has 0 radical (unpaired) electrons. The van der Waals surface area contributed by atoms with E-state index in [1.165, 1.54) is 71.4 Å². The number of nitrogens with zero attached hydrogens (tertiary/aromatic N) is 2. The third kappa shape index (κ3) is 5.56. The van der Waals surface area contributed by atoms with E-state index < -0.39 is 0 Å². The van der Waals surface area contributed by atoms with Gasteiger partial charge in [-0.15, -0.1) is 0 Å². The molecule has 1 aliphatic carbocycles. The highest BCUT2D eigenvalue weighted by atomic mass is 14.9. The van der Waals surface area contributed by atoms with Crippen LogP contribution in [0.15, 0.2) is 194 Å². The fraction of sp³-hybridized carbons (Fsp3) is 0.0545. The Morgan fingerprint density at radius 1 is 0.316 bits per heavy atom. The Morgan fingerprint density at radius 2 is 0.877 bits per heavy atom. The van der Waals surface area contributed by atoms with Gasteiger partial charge in [0.1, 0.15) is 0 Å². The summed E-state index contributed by atoms with van der Waals surface area (Å²) in [6.07, 6.45) is 0. The first kappa shape index (κ1) is 33.2. The minimum absolute atomic E-state index is 0.0723. The van der Waals surface area contributed by atoms with Crippen LogP contribution in [0.1, 0.15) is 25.0 Å². The summed E-state index contributed by atoms with van der Waals surface area (Å²) in [5.41, 5.74) is 15.1. The highest BCUT2D eigenvalue weighted by Crippen LogP contribution is 2.51. The van der Waals surface area contributed by atoms with E-state index in [9.17, 15) is 0 Å². The maximum Gasteiger partial charge on any atom is 0.160 e. The van der Waals surface area contributed by atoms with Gasteiger partial charge < -0.3 is 0 Å². The molecule has 0 N–H and O–H groups in total. The van der Waals surface area contributed by atoms with Crippen molar-refractivity contribution in [3.8, 4) is 67.3 Å². The zero-order valence-electron chi connectivity index (χ0n) is 31.9. The topological polar surface area (TPSA) is 25.8 Å². The van der Waals surface area contributed by atoms with Crippen LogP contribution in [0, 0.1) is 0 Å². The lowest BCUT2D eigenvalue weighted by molar-refractivity contribution is 0.661. The normalized spacial score (nSPS) is 12.9. The fourth-order valence-corrected chi connectivity index (χ4v) is 9.03. The summed E-state index contributed by atoms with van der Waals surface area (Å²) in [5.74, 6) is 0.710. The summed E-state index contributed by atoms with van der Waals surface area (Å²) in [6.45, 7) is 4.71. The zero-order valence-corrected chi connectivity index (χ0v) is 31.9. The minimum Gasteiger partial charge on any atom is -0.228 e. The van der Waals surface area contributed by atoms with Gasteiger partial charge in [-0.1, -0.05) is 178 Å². The van der Waals surface area contributed by atoms with Crippen molar-refractivity contribution in [3.63, 3.8) is 0 Å². The zero-order chi connectivity index (χ0) is 38.1. The average molecular weight is 727 g/mol. The molecule has 9 aromatic carbocycles. The second-order valence-electron chi connectivity index (χ2n) is 15.8. The lowest BCUT2D eigenvalue weighted by Gasteiger charge is -2.22. The molecule has 1 aromatic heterocycles. The predicted octanol–water partition coefficient (Wildman–Crippen LogP) is 14.6. The number of aromatic nitrogens is 2. The van der Waals surface area contributed by atoms with Crippen LogP contribution < -0.4 is 0 Å². The highest BCUT2D eigenvalue weighted by molar-refractivity contribution is 6.05. The summed E-state index contributed by atoms with van der Waals surface area (Å²) < 4.78 is 0. The second kappa shape index (κ2) is 13.0. The van der Waals surface area contributed by atoms with E-state index in [2.05, 4.69) is 190 Å². The van der Waals surface area contributed by atoms with Gasteiger partial charge in [-0.2, -0.15) is 0 Å². The Kier molecular flexibility index (Phi) is 7.55. The lowest BCUT2D eigenvalue weighted by Crippen LogP contribution is -2.14. The van der Waals surface area contributed by atoms with Gasteiger partial charge in [0, 0.05) is 22.1 Å². The first-order valence-corrected chi connectivity index (χ1v) is 19.7. The van der Waals surface area contributed by atoms with Gasteiger partial charge >= 0.3 is 0 Å². The third-order valence-electron chi connectivity index (χ3n) is 12.1. The van der Waals surface area contributed by atoms with Crippen LogP contribution in [0.2, 0.25) is 0 Å². The molecule has 57 heavy (non-hydrogen) atoms. The smallest absolute Gasteiger partial charge is 0.160 e. The molecule has 268 valence electrons. The van der Waals surface area contributed by atoms with E-state index in [0.29, 0.717) is 5.82 Å². The molecule has 0 spiro atoms. The molecule has 1 aliphatic rings. The molecule has 0 bridgehead atoms. The van der Waals surface area contributed by atoms with E-state index in [1.807, 2.05) is 18.2 Å². The van der Waals surface area contributed by atoms with Crippen molar-refractivity contribution >= 4 is 32.3 Å². The average Bonchev–Trinajstić information content (AvgIpc) is 3.49. The van der Waals surface area contributed by atoms with Gasteiger partial charge in [-0.05, 0) is 107 Å². The number of fused-ring (bicyclic) bond motifs is 6. The third-order valence-corrected chi connectivity index (χ3v) is 12.1. The first-order chi connectivity index (χ1) is 28.0. The molecule has 0 amide bonds. The molecule has 11 rings (SSSR count). The molecule has 10 aromatic rings. The molecule has 0 atom stereocenters. The molecule has 0 fully saturated rings. The van der Waals surface area contributed by atoms with E-state index >= 15 is 0 Å². The predicted molar refractivity (Wildman–Crippen MR) is 239 cm³/mol. The van der Waals surface area contributed by atoms with Crippen LogP contribution >= 0.6 is 0 Å². The molecule has 2 heteroatoms. The monoisotopic (exact) mass is 726 g/mol. The first-order valence-electron chi connectivity index (χ1n) is 19.7. The molecule has 0 aliphatic heterocycles. The SMILES string of the molecule is CC1(C)c2ccc(-c3ccc(-c4cc(-c5ccc(-c6ccc7ccccc7c6)cc5)nc(-c5ccccc5)n4)c4ccccc34)cc2-c2cc3ccccc3cc21. The summed E-state index contributed by atoms with van der Waals surface area (Å²) in [6, 6.07) is 70.2. The quantitative estimate of drug-likeness (QED) is 0.176. The maximum atomic E-state index is 5.25. The minimum atomic E-state index is -0.0723. The molecule has 0 saturated heterocycles. The molecule has 2 nitrogen and oxygen atoms in total. The van der Waals surface area contributed by atoms with E-state index in [0.717, 1.165) is 33.5 Å². The van der Waals surface area contributed by atoms with Crippen LogP contribution in [0.3, 0.4) is 0 Å². The van der Waals surface area contributed by atoms with Crippen LogP contribution in [0.25, 0.3) is 99.6 Å². The van der Waals surface area contributed by atoms with Crippen molar-refractivity contribution in [1.29, 1.82) is 0 Å². The standard InChI is InChI=1S/C55H38N2/c1-55(2)50-29-26-43(32-48(50)49-31-40-16-8-9-17-41(40)33-51(49)55)44-27-28-47(46-19-11-10-18-45(44)46)53-34-52(56-54(57-53)38-13-4-3-5-14-38)37-23-20-36(21-24-37)42-25-22-35-12-6-7-15-39(35)30-42/h3-34H,1-2H3. The van der Waals surface area contributed by atoms with Crippen molar-refractivity contribution in [2.45, 2.75) is 19.3 Å². The van der Waals surface area contributed by atoms with Crippen molar-refractivity contribution in [2.24, 2.45) is 0 Å². The molecule has 0 unspecified atom stereocenters. The fourth-order valence-electron chi connectivity index (χ4n) is 9.03. The van der Waals surface area contributed by atoms with Crippen LogP contribution in [-0.2, 0) is 5.41 Å². The van der Waals surface area contributed by atoms with E-state index in [-0.39, 0.29) is 5.41 Å². The number of benzene rings is 9. The number of hydrogen-bond donors (Lipinski definition) is 0. The number of hydrogen-bond acceptors (Lipinski definition) is 2. The van der Waals surface area contributed by atoms with Crippen molar-refractivity contribution in [3.05, 3.63) is 205 Å². The molecular weight excluding hydrogens is 689 g/mol. The van der Waals surface area contributed by atoms with Crippen molar-refractivity contribution < 1.29 is 0 Å². The Bertz CT molecular complexity index is 3190. The van der Waals surface area contributed by atoms with E-state index in [1.54, 1.807) is 0 Å². The van der Waals surface area contributed by atoms with Gasteiger partial charge in [0.2, 0.25) is 0 Å². The van der Waals surface area contributed by atoms with Crippen LogP contribution in [0.5, 0.6) is 0 Å². The summed E-state index contributed by atoms with van der Waals surface area (Å²) in [7, 11) is 0.